The highest BCUT2D eigenvalue weighted by atomic mass is 35.5. The van der Waals surface area contributed by atoms with Gasteiger partial charge in [0.05, 0.1) is 6.04 Å². The van der Waals surface area contributed by atoms with Gasteiger partial charge in [-0.05, 0) is 37.6 Å². The average Bonchev–Trinajstić information content (AvgIpc) is 2.45. The predicted molar refractivity (Wildman–Crippen MR) is 83.7 cm³/mol. The molecular weight excluding hydrogens is 309 g/mol. The molecule has 0 N–H and O–H groups in total. The maximum atomic E-state index is 12.5. The Hall–Kier alpha value is -1.65. The Morgan fingerprint density at radius 2 is 2.00 bits per heavy atom. The summed E-state index contributed by atoms with van der Waals surface area (Å²) < 4.78 is 0. The maximum Gasteiger partial charge on any atom is 0.272 e. The van der Waals surface area contributed by atoms with Crippen LogP contribution in [0.2, 0.25) is 10.0 Å². The van der Waals surface area contributed by atoms with Gasteiger partial charge in [0.2, 0.25) is 0 Å². The van der Waals surface area contributed by atoms with Gasteiger partial charge in [-0.15, -0.1) is 0 Å². The van der Waals surface area contributed by atoms with Crippen molar-refractivity contribution in [2.45, 2.75) is 19.9 Å². The molecule has 4 nitrogen and oxygen atoms in total. The first-order valence-corrected chi connectivity index (χ1v) is 7.17. The SMILES string of the molecule is Cc1nccc(C(=O)N(C)[C@H](C)c2ccc(Cl)cc2Cl)n1. The number of carbonyl (C=O) groups is 1. The van der Waals surface area contributed by atoms with Crippen LogP contribution in [-0.2, 0) is 0 Å². The zero-order valence-electron chi connectivity index (χ0n) is 12.0. The molecule has 0 unspecified atom stereocenters. The number of nitrogens with zero attached hydrogens (tertiary/aromatic N) is 3. The molecule has 1 atom stereocenters. The van der Waals surface area contributed by atoms with E-state index in [1.165, 1.54) is 0 Å². The Labute approximate surface area is 133 Å². The first-order chi connectivity index (χ1) is 9.90. The lowest BCUT2D eigenvalue weighted by molar-refractivity contribution is 0.0736. The number of amides is 1. The minimum absolute atomic E-state index is 0.181. The first-order valence-electron chi connectivity index (χ1n) is 6.42. The number of carbonyl (C=O) groups excluding carboxylic acids is 1. The van der Waals surface area contributed by atoms with Gasteiger partial charge >= 0.3 is 0 Å². The Morgan fingerprint density at radius 1 is 1.29 bits per heavy atom. The molecule has 6 heteroatoms. The highest BCUT2D eigenvalue weighted by molar-refractivity contribution is 6.35. The lowest BCUT2D eigenvalue weighted by atomic mass is 10.1. The van der Waals surface area contributed by atoms with E-state index in [4.69, 9.17) is 23.2 Å². The van der Waals surface area contributed by atoms with Gasteiger partial charge in [0, 0.05) is 23.3 Å². The van der Waals surface area contributed by atoms with E-state index in [1.54, 1.807) is 43.3 Å². The van der Waals surface area contributed by atoms with Crippen molar-refractivity contribution in [1.82, 2.24) is 14.9 Å². The van der Waals surface area contributed by atoms with Crippen LogP contribution >= 0.6 is 23.2 Å². The van der Waals surface area contributed by atoms with Crippen LogP contribution in [0.25, 0.3) is 0 Å². The Kier molecular flexibility index (Phi) is 4.80. The maximum absolute atomic E-state index is 12.5. The fourth-order valence-electron chi connectivity index (χ4n) is 1.98. The number of benzene rings is 1. The third-order valence-corrected chi connectivity index (χ3v) is 3.87. The molecule has 0 aliphatic carbocycles. The van der Waals surface area contributed by atoms with E-state index in [1.807, 2.05) is 13.0 Å². The van der Waals surface area contributed by atoms with Gasteiger partial charge in [0.1, 0.15) is 11.5 Å². The Bertz CT molecular complexity index is 676. The smallest absolute Gasteiger partial charge is 0.272 e. The van der Waals surface area contributed by atoms with Gasteiger partial charge in [-0.25, -0.2) is 9.97 Å². The summed E-state index contributed by atoms with van der Waals surface area (Å²) in [7, 11) is 1.72. The van der Waals surface area contributed by atoms with Crippen LogP contribution in [0.3, 0.4) is 0 Å². The molecule has 2 rings (SSSR count). The number of aromatic nitrogens is 2. The van der Waals surface area contributed by atoms with Crippen molar-refractivity contribution in [3.63, 3.8) is 0 Å². The van der Waals surface area contributed by atoms with Crippen LogP contribution in [0.1, 0.15) is 34.8 Å². The van der Waals surface area contributed by atoms with Crippen molar-refractivity contribution in [1.29, 1.82) is 0 Å². The van der Waals surface area contributed by atoms with Crippen molar-refractivity contribution < 1.29 is 4.79 Å². The summed E-state index contributed by atoms with van der Waals surface area (Å²) in [5.74, 6) is 0.380. The summed E-state index contributed by atoms with van der Waals surface area (Å²) in [6.07, 6.45) is 1.57. The molecule has 1 heterocycles. The molecule has 0 aliphatic heterocycles. The van der Waals surface area contributed by atoms with Crippen molar-refractivity contribution in [2.24, 2.45) is 0 Å². The first kappa shape index (κ1) is 15.7. The standard InChI is InChI=1S/C15H15Cl2N3O/c1-9(12-5-4-11(16)8-13(12)17)20(3)15(21)14-6-7-18-10(2)19-14/h4-9H,1-3H3/t9-/m1/s1. The molecule has 0 saturated heterocycles. The molecular formula is C15H15Cl2N3O. The molecule has 0 radical (unpaired) electrons. The lowest BCUT2D eigenvalue weighted by Crippen LogP contribution is -2.30. The van der Waals surface area contributed by atoms with Gasteiger partial charge in [-0.1, -0.05) is 29.3 Å². The molecule has 0 aliphatic rings. The fraction of sp³-hybridized carbons (Fsp3) is 0.267. The minimum atomic E-state index is -0.197. The fourth-order valence-corrected chi connectivity index (χ4v) is 2.55. The summed E-state index contributed by atoms with van der Waals surface area (Å²) in [4.78, 5) is 22.2. The second-order valence-corrected chi connectivity index (χ2v) is 5.59. The molecule has 0 saturated carbocycles. The quantitative estimate of drug-likeness (QED) is 0.859. The van der Waals surface area contributed by atoms with E-state index < -0.39 is 0 Å². The average molecular weight is 324 g/mol. The molecule has 110 valence electrons. The molecule has 21 heavy (non-hydrogen) atoms. The second kappa shape index (κ2) is 6.41. The summed E-state index contributed by atoms with van der Waals surface area (Å²) in [5, 5.41) is 1.10. The van der Waals surface area contributed by atoms with Crippen LogP contribution in [0, 0.1) is 6.92 Å². The highest BCUT2D eigenvalue weighted by Crippen LogP contribution is 2.29. The van der Waals surface area contributed by atoms with E-state index in [9.17, 15) is 4.79 Å². The molecule has 0 spiro atoms. The molecule has 1 aromatic heterocycles. The number of rotatable bonds is 3. The van der Waals surface area contributed by atoms with Crippen LogP contribution in [0.4, 0.5) is 0 Å². The number of hydrogen-bond donors (Lipinski definition) is 0. The summed E-state index contributed by atoms with van der Waals surface area (Å²) in [6.45, 7) is 3.65. The van der Waals surface area contributed by atoms with E-state index in [0.29, 0.717) is 21.6 Å². The largest absolute Gasteiger partial charge is 0.334 e. The monoisotopic (exact) mass is 323 g/mol. The molecule has 1 amide bonds. The molecule has 2 aromatic rings. The van der Waals surface area contributed by atoms with Gasteiger partial charge in [-0.3, -0.25) is 4.79 Å². The van der Waals surface area contributed by atoms with E-state index in [2.05, 4.69) is 9.97 Å². The number of hydrogen-bond acceptors (Lipinski definition) is 3. The molecule has 0 fully saturated rings. The third kappa shape index (κ3) is 3.52. The summed E-state index contributed by atoms with van der Waals surface area (Å²) in [5.41, 5.74) is 1.20. The zero-order chi connectivity index (χ0) is 15.6. The van der Waals surface area contributed by atoms with Gasteiger partial charge in [-0.2, -0.15) is 0 Å². The summed E-state index contributed by atoms with van der Waals surface area (Å²) >= 11 is 12.1. The van der Waals surface area contributed by atoms with E-state index in [0.717, 1.165) is 5.56 Å². The van der Waals surface area contributed by atoms with Crippen molar-refractivity contribution >= 4 is 29.1 Å². The van der Waals surface area contributed by atoms with Crippen molar-refractivity contribution in [2.75, 3.05) is 7.05 Å². The van der Waals surface area contributed by atoms with Crippen LogP contribution in [0.5, 0.6) is 0 Å². The van der Waals surface area contributed by atoms with Crippen molar-refractivity contribution in [3.05, 3.63) is 57.6 Å². The predicted octanol–water partition coefficient (Wildman–Crippen LogP) is 3.93. The Morgan fingerprint density at radius 3 is 2.62 bits per heavy atom. The summed E-state index contributed by atoms with van der Waals surface area (Å²) in [6, 6.07) is 6.65. The third-order valence-electron chi connectivity index (χ3n) is 3.31. The lowest BCUT2D eigenvalue weighted by Gasteiger charge is -2.26. The van der Waals surface area contributed by atoms with Crippen LogP contribution in [-0.4, -0.2) is 27.8 Å². The number of halogens is 2. The zero-order valence-corrected chi connectivity index (χ0v) is 13.5. The Balaban J connectivity index is 2.26. The minimum Gasteiger partial charge on any atom is -0.334 e. The van der Waals surface area contributed by atoms with Gasteiger partial charge in [0.25, 0.3) is 5.91 Å². The van der Waals surface area contributed by atoms with Crippen LogP contribution < -0.4 is 0 Å². The van der Waals surface area contributed by atoms with Gasteiger partial charge < -0.3 is 4.90 Å². The van der Waals surface area contributed by atoms with E-state index >= 15 is 0 Å². The molecule has 0 bridgehead atoms. The number of aryl methyl sites for hydroxylation is 1. The highest BCUT2D eigenvalue weighted by Gasteiger charge is 2.21. The van der Waals surface area contributed by atoms with Crippen molar-refractivity contribution in [3.8, 4) is 0 Å². The topological polar surface area (TPSA) is 46.1 Å². The molecule has 1 aromatic carbocycles. The second-order valence-electron chi connectivity index (χ2n) is 4.75. The van der Waals surface area contributed by atoms with Gasteiger partial charge in [0.15, 0.2) is 0 Å². The van der Waals surface area contributed by atoms with Crippen LogP contribution in [0.15, 0.2) is 30.5 Å². The van der Waals surface area contributed by atoms with E-state index in [-0.39, 0.29) is 11.9 Å². The normalized spacial score (nSPS) is 12.0.